The first-order chi connectivity index (χ1) is 15.2. The Hall–Kier alpha value is -2.98. The summed E-state index contributed by atoms with van der Waals surface area (Å²) in [7, 11) is 0. The lowest BCUT2D eigenvalue weighted by atomic mass is 9.78. The van der Waals surface area contributed by atoms with Gasteiger partial charge >= 0.3 is 6.09 Å². The van der Waals surface area contributed by atoms with Gasteiger partial charge in [-0.1, -0.05) is 0 Å². The van der Waals surface area contributed by atoms with Gasteiger partial charge < -0.3 is 15.0 Å². The fourth-order valence-electron chi connectivity index (χ4n) is 4.27. The zero-order valence-corrected chi connectivity index (χ0v) is 19.5. The van der Waals surface area contributed by atoms with Crippen LogP contribution in [0.5, 0.6) is 0 Å². The van der Waals surface area contributed by atoms with Crippen LogP contribution in [-0.2, 0) is 4.74 Å². The molecule has 0 aromatic carbocycles. The molecule has 1 amide bonds. The summed E-state index contributed by atoms with van der Waals surface area (Å²) in [5.74, 6) is 2.44. The molecule has 2 aliphatic heterocycles. The molecule has 1 N–H and O–H groups in total. The molecule has 0 radical (unpaired) electrons. The van der Waals surface area contributed by atoms with Gasteiger partial charge in [0.05, 0.1) is 6.54 Å². The molecule has 3 aliphatic rings. The molecule has 2 aromatic heterocycles. The van der Waals surface area contributed by atoms with Crippen LogP contribution in [0.15, 0.2) is 47.9 Å². The van der Waals surface area contributed by atoms with Gasteiger partial charge in [-0.2, -0.15) is 10.1 Å². The van der Waals surface area contributed by atoms with Gasteiger partial charge in [0, 0.05) is 31.4 Å². The van der Waals surface area contributed by atoms with Crippen molar-refractivity contribution in [3.05, 3.63) is 42.9 Å². The van der Waals surface area contributed by atoms with E-state index in [0.29, 0.717) is 30.9 Å². The van der Waals surface area contributed by atoms with Crippen molar-refractivity contribution in [3.8, 4) is 0 Å². The van der Waals surface area contributed by atoms with Gasteiger partial charge in [0.2, 0.25) is 5.95 Å². The van der Waals surface area contributed by atoms with Gasteiger partial charge in [-0.15, -0.1) is 29.9 Å². The fourth-order valence-corrected chi connectivity index (χ4v) is 4.27. The highest BCUT2D eigenvalue weighted by atomic mass is 35.5. The zero-order chi connectivity index (χ0) is 21.1. The summed E-state index contributed by atoms with van der Waals surface area (Å²) >= 11 is 0. The molecule has 0 unspecified atom stereocenters. The van der Waals surface area contributed by atoms with E-state index in [1.807, 2.05) is 23.2 Å². The highest BCUT2D eigenvalue weighted by molar-refractivity contribution is 5.89. The van der Waals surface area contributed by atoms with Gasteiger partial charge in [0.1, 0.15) is 18.1 Å². The average Bonchev–Trinajstić information content (AvgIpc) is 3.16. The second kappa shape index (κ2) is 10.8. The van der Waals surface area contributed by atoms with E-state index in [9.17, 15) is 4.79 Å². The van der Waals surface area contributed by atoms with E-state index in [2.05, 4.69) is 30.5 Å². The van der Waals surface area contributed by atoms with Crippen LogP contribution in [0.4, 0.5) is 22.4 Å². The number of carbonyl (C=O) groups is 1. The molecule has 12 heteroatoms. The van der Waals surface area contributed by atoms with Crippen LogP contribution in [0.25, 0.3) is 0 Å². The Morgan fingerprint density at radius 2 is 2.00 bits per heavy atom. The summed E-state index contributed by atoms with van der Waals surface area (Å²) in [5, 5.41) is 11.3. The predicted molar refractivity (Wildman–Crippen MR) is 131 cm³/mol. The number of halogens is 2. The van der Waals surface area contributed by atoms with Crippen molar-refractivity contribution in [2.45, 2.75) is 31.3 Å². The van der Waals surface area contributed by atoms with Crippen molar-refractivity contribution in [1.82, 2.24) is 20.2 Å². The summed E-state index contributed by atoms with van der Waals surface area (Å²) in [5.41, 5.74) is -0.428. The van der Waals surface area contributed by atoms with Crippen molar-refractivity contribution in [2.75, 3.05) is 34.9 Å². The van der Waals surface area contributed by atoms with E-state index in [4.69, 9.17) is 4.74 Å². The number of ether oxygens (including phenoxy) is 1. The Balaban J connectivity index is 0.00000153. The summed E-state index contributed by atoms with van der Waals surface area (Å²) < 4.78 is 5.80. The smallest absolute Gasteiger partial charge is 0.416 e. The largest absolute Gasteiger partial charge is 0.441 e. The number of rotatable bonds is 5. The molecule has 5 rings (SSSR count). The maximum atomic E-state index is 12.4. The quantitative estimate of drug-likeness (QED) is 0.675. The Labute approximate surface area is 204 Å². The Kier molecular flexibility index (Phi) is 8.04. The molecule has 1 saturated carbocycles. The summed E-state index contributed by atoms with van der Waals surface area (Å²) in [6.45, 7) is 1.87. The Bertz CT molecular complexity index is 999. The van der Waals surface area contributed by atoms with Gasteiger partial charge in [0.25, 0.3) is 0 Å². The van der Waals surface area contributed by atoms with Crippen LogP contribution in [0, 0.1) is 5.92 Å². The van der Waals surface area contributed by atoms with Crippen LogP contribution < -0.4 is 15.1 Å². The molecule has 1 aliphatic carbocycles. The third kappa shape index (κ3) is 5.51. The molecule has 33 heavy (non-hydrogen) atoms. The van der Waals surface area contributed by atoms with Crippen molar-refractivity contribution in [1.29, 1.82) is 0 Å². The van der Waals surface area contributed by atoms with Gasteiger partial charge in [0.15, 0.2) is 5.82 Å². The van der Waals surface area contributed by atoms with E-state index in [-0.39, 0.29) is 30.9 Å². The second-order valence-electron chi connectivity index (χ2n) is 8.07. The number of aliphatic imine (C=N–C) groups is 1. The third-order valence-electron chi connectivity index (χ3n) is 6.00. The van der Waals surface area contributed by atoms with Crippen LogP contribution in [0.1, 0.15) is 25.7 Å². The van der Waals surface area contributed by atoms with E-state index in [1.54, 1.807) is 35.6 Å². The molecule has 0 bridgehead atoms. The molecule has 1 saturated heterocycles. The van der Waals surface area contributed by atoms with Gasteiger partial charge in [-0.05, 0) is 55.9 Å². The molecular formula is C21H26Cl2N8O2. The maximum Gasteiger partial charge on any atom is 0.416 e. The average molecular weight is 493 g/mol. The second-order valence-corrected chi connectivity index (χ2v) is 8.07. The number of allylic oxidation sites excluding steroid dienone is 1. The molecule has 4 heterocycles. The number of carbonyl (C=O) groups excluding carboxylic acids is 1. The van der Waals surface area contributed by atoms with Crippen molar-refractivity contribution in [3.63, 3.8) is 0 Å². The normalized spacial score (nSPS) is 23.6. The van der Waals surface area contributed by atoms with Gasteiger partial charge in [-0.25, -0.2) is 9.78 Å². The zero-order valence-electron chi connectivity index (χ0n) is 17.9. The monoisotopic (exact) mass is 492 g/mol. The van der Waals surface area contributed by atoms with Crippen molar-refractivity contribution >= 4 is 54.7 Å². The first kappa shape index (κ1) is 24.7. The number of nitrogens with one attached hydrogen (secondary N) is 1. The molecular weight excluding hydrogens is 467 g/mol. The van der Waals surface area contributed by atoms with Crippen LogP contribution in [0.2, 0.25) is 0 Å². The van der Waals surface area contributed by atoms with Crippen LogP contribution in [-0.4, -0.2) is 57.8 Å². The Morgan fingerprint density at radius 1 is 1.15 bits per heavy atom. The lowest BCUT2D eigenvalue weighted by Gasteiger charge is -2.35. The predicted octanol–water partition coefficient (Wildman–Crippen LogP) is 3.47. The minimum Gasteiger partial charge on any atom is -0.441 e. The molecule has 2 fully saturated rings. The molecule has 176 valence electrons. The molecule has 0 atom stereocenters. The number of nitrogens with zero attached hydrogens (tertiary/aromatic N) is 7. The standard InChI is InChI=1S/C21H24N8O2.2ClH/c30-20-29(18-3-1-10-25-27-18)14-21(31-20)7-4-16(5-8-21)13-24-19-23-11-6-17(26-19)28-12-2-9-22-15-28;;/h1-3,6,9-12,16H,4-5,7-8,13-15H2,(H,23,24,26);2*1H. The SMILES string of the molecule is Cl.Cl.O=C1OC2(CCC(CNc3nccc(N4C=CC=NC4)n3)CC2)CN1c1cccnn1. The number of hydrogen-bond acceptors (Lipinski definition) is 9. The number of amides is 1. The highest BCUT2D eigenvalue weighted by Gasteiger charge is 2.48. The van der Waals surface area contributed by atoms with Crippen molar-refractivity contribution in [2.24, 2.45) is 10.9 Å². The minimum atomic E-state index is -0.428. The minimum absolute atomic E-state index is 0. The first-order valence-electron chi connectivity index (χ1n) is 10.5. The number of aromatic nitrogens is 4. The Morgan fingerprint density at radius 3 is 2.73 bits per heavy atom. The maximum absolute atomic E-state index is 12.4. The first-order valence-corrected chi connectivity index (χ1v) is 10.5. The molecule has 1 spiro atoms. The van der Waals surface area contributed by atoms with E-state index < -0.39 is 5.60 Å². The van der Waals surface area contributed by atoms with E-state index >= 15 is 0 Å². The molecule has 10 nitrogen and oxygen atoms in total. The van der Waals surface area contributed by atoms with E-state index in [1.165, 1.54) is 0 Å². The molecule has 2 aromatic rings. The summed E-state index contributed by atoms with van der Waals surface area (Å²) in [4.78, 5) is 29.1. The third-order valence-corrected chi connectivity index (χ3v) is 6.00. The highest BCUT2D eigenvalue weighted by Crippen LogP contribution is 2.40. The topological polar surface area (TPSA) is 109 Å². The summed E-state index contributed by atoms with van der Waals surface area (Å²) in [6, 6.07) is 5.43. The number of anilines is 3. The van der Waals surface area contributed by atoms with Crippen LogP contribution >= 0.6 is 24.8 Å². The van der Waals surface area contributed by atoms with E-state index in [0.717, 1.165) is 38.0 Å². The van der Waals surface area contributed by atoms with Crippen molar-refractivity contribution < 1.29 is 9.53 Å². The lowest BCUT2D eigenvalue weighted by molar-refractivity contribution is 0.0148. The van der Waals surface area contributed by atoms with Gasteiger partial charge in [-0.3, -0.25) is 9.89 Å². The fraction of sp³-hybridized carbons (Fsp3) is 0.429. The summed E-state index contributed by atoms with van der Waals surface area (Å²) in [6.07, 6.45) is 12.2. The van der Waals surface area contributed by atoms with Crippen LogP contribution in [0.3, 0.4) is 0 Å². The lowest BCUT2D eigenvalue weighted by Crippen LogP contribution is -2.39. The number of hydrogen-bond donors (Lipinski definition) is 1.